The van der Waals surface area contributed by atoms with Crippen LogP contribution in [-0.2, 0) is 4.79 Å². The van der Waals surface area contributed by atoms with Crippen LogP contribution < -0.4 is 10.6 Å². The van der Waals surface area contributed by atoms with Crippen LogP contribution >= 0.6 is 0 Å². The molecule has 0 radical (unpaired) electrons. The van der Waals surface area contributed by atoms with Crippen molar-refractivity contribution < 1.29 is 14.7 Å². The monoisotopic (exact) mass is 244 g/mol. The zero-order chi connectivity index (χ0) is 13.5. The van der Waals surface area contributed by atoms with Crippen molar-refractivity contribution in [2.24, 2.45) is 0 Å². The Balaban J connectivity index is 4.46. The van der Waals surface area contributed by atoms with Gasteiger partial charge in [-0.05, 0) is 26.2 Å². The average Bonchev–Trinajstić information content (AvgIpc) is 2.25. The highest BCUT2D eigenvalue weighted by atomic mass is 16.4. The van der Waals surface area contributed by atoms with E-state index in [1.54, 1.807) is 0 Å². The average molecular weight is 244 g/mol. The van der Waals surface area contributed by atoms with E-state index in [9.17, 15) is 9.59 Å². The first-order valence-corrected chi connectivity index (χ1v) is 6.21. The maximum atomic E-state index is 11.7. The van der Waals surface area contributed by atoms with Crippen LogP contribution in [0.15, 0.2) is 0 Å². The van der Waals surface area contributed by atoms with Gasteiger partial charge < -0.3 is 15.7 Å². The van der Waals surface area contributed by atoms with Gasteiger partial charge in [-0.3, -0.25) is 0 Å². The molecule has 1 unspecified atom stereocenters. The van der Waals surface area contributed by atoms with Crippen molar-refractivity contribution in [3.05, 3.63) is 0 Å². The minimum absolute atomic E-state index is 0.0923. The third-order valence-corrected chi connectivity index (χ3v) is 2.93. The molecule has 0 aliphatic carbocycles. The van der Waals surface area contributed by atoms with Gasteiger partial charge in [0.2, 0.25) is 0 Å². The molecular weight excluding hydrogens is 220 g/mol. The van der Waals surface area contributed by atoms with E-state index < -0.39 is 17.5 Å². The molecule has 1 atom stereocenters. The molecule has 0 aliphatic heterocycles. The number of hydrogen-bond donors (Lipinski definition) is 3. The van der Waals surface area contributed by atoms with Crippen molar-refractivity contribution in [3.63, 3.8) is 0 Å². The van der Waals surface area contributed by atoms with Crippen LogP contribution in [0.25, 0.3) is 0 Å². The summed E-state index contributed by atoms with van der Waals surface area (Å²) in [5.74, 6) is -1.00. The molecule has 0 fully saturated rings. The van der Waals surface area contributed by atoms with Crippen LogP contribution in [0.2, 0.25) is 0 Å². The Hall–Kier alpha value is -1.26. The zero-order valence-electron chi connectivity index (χ0n) is 11.2. The second kappa shape index (κ2) is 7.14. The van der Waals surface area contributed by atoms with Gasteiger partial charge in [0.25, 0.3) is 0 Å². The molecule has 0 aromatic heterocycles. The number of rotatable bonds is 7. The Morgan fingerprint density at radius 3 is 2.12 bits per heavy atom. The lowest BCUT2D eigenvalue weighted by atomic mass is 9.96. The molecular formula is C12H24N2O3. The second-order valence-electron chi connectivity index (χ2n) is 4.50. The summed E-state index contributed by atoms with van der Waals surface area (Å²) in [6.07, 6.45) is 2.79. The summed E-state index contributed by atoms with van der Waals surface area (Å²) in [5, 5.41) is 14.4. The third-order valence-electron chi connectivity index (χ3n) is 2.93. The van der Waals surface area contributed by atoms with Crippen molar-refractivity contribution in [3.8, 4) is 0 Å². The molecule has 2 amide bonds. The minimum atomic E-state index is -1.19. The molecule has 100 valence electrons. The highest BCUT2D eigenvalue weighted by Crippen LogP contribution is 2.12. The summed E-state index contributed by atoms with van der Waals surface area (Å²) < 4.78 is 0. The van der Waals surface area contributed by atoms with Crippen LogP contribution in [0.3, 0.4) is 0 Å². The number of carboxylic acid groups (broad SMARTS) is 1. The molecule has 0 saturated carbocycles. The number of carbonyl (C=O) groups excluding carboxylic acids is 1. The Kier molecular flexibility index (Phi) is 6.61. The first-order chi connectivity index (χ1) is 7.89. The lowest BCUT2D eigenvalue weighted by Gasteiger charge is -2.27. The van der Waals surface area contributed by atoms with Crippen molar-refractivity contribution in [1.82, 2.24) is 10.6 Å². The first kappa shape index (κ1) is 15.7. The van der Waals surface area contributed by atoms with Crippen LogP contribution in [-0.4, -0.2) is 28.7 Å². The van der Waals surface area contributed by atoms with E-state index in [1.165, 1.54) is 6.92 Å². The van der Waals surface area contributed by atoms with Gasteiger partial charge in [0, 0.05) is 6.04 Å². The number of carbonyl (C=O) groups is 2. The SMILES string of the molecule is CCCC(C)(NC(=O)NC(CC)CC)C(=O)O. The highest BCUT2D eigenvalue weighted by Gasteiger charge is 2.33. The van der Waals surface area contributed by atoms with E-state index in [2.05, 4.69) is 10.6 Å². The first-order valence-electron chi connectivity index (χ1n) is 6.21. The smallest absolute Gasteiger partial charge is 0.329 e. The maximum Gasteiger partial charge on any atom is 0.329 e. The molecule has 0 aromatic rings. The standard InChI is InChI=1S/C12H24N2O3/c1-5-8-12(4,10(15)16)14-11(17)13-9(6-2)7-3/h9H,5-8H2,1-4H3,(H,15,16)(H2,13,14,17). The number of hydrogen-bond acceptors (Lipinski definition) is 2. The van der Waals surface area contributed by atoms with E-state index in [-0.39, 0.29) is 6.04 Å². The number of amides is 2. The van der Waals surface area contributed by atoms with Crippen LogP contribution in [0.5, 0.6) is 0 Å². The summed E-state index contributed by atoms with van der Waals surface area (Å²) in [5.41, 5.74) is -1.19. The predicted octanol–water partition coefficient (Wildman–Crippen LogP) is 2.12. The Bertz CT molecular complexity index is 264. The van der Waals surface area contributed by atoms with Crippen LogP contribution in [0.4, 0.5) is 4.79 Å². The highest BCUT2D eigenvalue weighted by molar-refractivity contribution is 5.85. The second-order valence-corrected chi connectivity index (χ2v) is 4.50. The molecule has 0 aromatic carbocycles. The molecule has 0 saturated heterocycles. The van der Waals surface area contributed by atoms with E-state index in [1.807, 2.05) is 20.8 Å². The van der Waals surface area contributed by atoms with E-state index in [0.29, 0.717) is 12.8 Å². The lowest BCUT2D eigenvalue weighted by molar-refractivity contribution is -0.144. The Morgan fingerprint density at radius 2 is 1.76 bits per heavy atom. The summed E-state index contributed by atoms with van der Waals surface area (Å²) >= 11 is 0. The van der Waals surface area contributed by atoms with Gasteiger partial charge in [-0.2, -0.15) is 0 Å². The maximum absolute atomic E-state index is 11.7. The Labute approximate surface area is 103 Å². The normalized spacial score (nSPS) is 14.2. The Morgan fingerprint density at radius 1 is 1.24 bits per heavy atom. The molecule has 17 heavy (non-hydrogen) atoms. The fraction of sp³-hybridized carbons (Fsp3) is 0.833. The van der Waals surface area contributed by atoms with Gasteiger partial charge >= 0.3 is 12.0 Å². The van der Waals surface area contributed by atoms with Gasteiger partial charge in [-0.1, -0.05) is 27.2 Å². The van der Waals surface area contributed by atoms with Crippen LogP contribution in [0, 0.1) is 0 Å². The topological polar surface area (TPSA) is 78.4 Å². The van der Waals surface area contributed by atoms with Gasteiger partial charge in [-0.15, -0.1) is 0 Å². The number of nitrogens with one attached hydrogen (secondary N) is 2. The fourth-order valence-electron chi connectivity index (χ4n) is 1.69. The molecule has 0 spiro atoms. The molecule has 5 heteroatoms. The fourth-order valence-corrected chi connectivity index (χ4v) is 1.69. The molecule has 3 N–H and O–H groups in total. The molecule has 5 nitrogen and oxygen atoms in total. The van der Waals surface area contributed by atoms with Crippen LogP contribution in [0.1, 0.15) is 53.4 Å². The van der Waals surface area contributed by atoms with E-state index in [4.69, 9.17) is 5.11 Å². The summed E-state index contributed by atoms with van der Waals surface area (Å²) in [6.45, 7) is 7.39. The van der Waals surface area contributed by atoms with Crippen molar-refractivity contribution in [2.75, 3.05) is 0 Å². The van der Waals surface area contributed by atoms with Crippen molar-refractivity contribution in [1.29, 1.82) is 0 Å². The number of carboxylic acids is 1. The van der Waals surface area contributed by atoms with Gasteiger partial charge in [0.05, 0.1) is 0 Å². The zero-order valence-corrected chi connectivity index (χ0v) is 11.2. The minimum Gasteiger partial charge on any atom is -0.480 e. The quantitative estimate of drug-likeness (QED) is 0.642. The molecule has 0 heterocycles. The number of urea groups is 1. The molecule has 0 aliphatic rings. The van der Waals surface area contributed by atoms with Gasteiger partial charge in [0.15, 0.2) is 0 Å². The summed E-state index contributed by atoms with van der Waals surface area (Å²) in [6, 6.07) is -0.313. The predicted molar refractivity (Wildman–Crippen MR) is 67.0 cm³/mol. The largest absolute Gasteiger partial charge is 0.480 e. The van der Waals surface area contributed by atoms with Gasteiger partial charge in [0.1, 0.15) is 5.54 Å². The summed E-state index contributed by atoms with van der Waals surface area (Å²) in [7, 11) is 0. The third kappa shape index (κ3) is 5.06. The molecule has 0 bridgehead atoms. The van der Waals surface area contributed by atoms with Crippen molar-refractivity contribution in [2.45, 2.75) is 65.0 Å². The van der Waals surface area contributed by atoms with E-state index in [0.717, 1.165) is 12.8 Å². The van der Waals surface area contributed by atoms with E-state index >= 15 is 0 Å². The number of aliphatic carboxylic acids is 1. The lowest BCUT2D eigenvalue weighted by Crippen LogP contribution is -2.56. The van der Waals surface area contributed by atoms with Crippen molar-refractivity contribution >= 4 is 12.0 Å². The molecule has 0 rings (SSSR count). The summed E-state index contributed by atoms with van der Waals surface area (Å²) in [4.78, 5) is 22.8. The van der Waals surface area contributed by atoms with Gasteiger partial charge in [-0.25, -0.2) is 9.59 Å².